The van der Waals surface area contributed by atoms with Crippen molar-refractivity contribution in [2.75, 3.05) is 14.2 Å². The van der Waals surface area contributed by atoms with Crippen LogP contribution in [0.15, 0.2) is 53.8 Å². The van der Waals surface area contributed by atoms with Crippen molar-refractivity contribution in [3.05, 3.63) is 69.4 Å². The van der Waals surface area contributed by atoms with Crippen molar-refractivity contribution in [3.63, 3.8) is 0 Å². The van der Waals surface area contributed by atoms with Crippen molar-refractivity contribution in [1.29, 1.82) is 0 Å². The number of carbonyl (C=O) groups is 2. The lowest BCUT2D eigenvalue weighted by Crippen LogP contribution is -2.59. The number of methoxy groups -OCH3 is 2. The number of carboxylic acid groups (broad SMARTS) is 1. The maximum atomic E-state index is 11.1. The smallest absolute Gasteiger partial charge is 0.335 e. The summed E-state index contributed by atoms with van der Waals surface area (Å²) in [6.45, 7) is 0. The highest BCUT2D eigenvalue weighted by atomic mass is 35.5. The minimum absolute atomic E-state index is 0.331. The maximum Gasteiger partial charge on any atom is 0.335 e. The molecule has 1 aromatic carbocycles. The van der Waals surface area contributed by atoms with Gasteiger partial charge in [0.2, 0.25) is 0 Å². The van der Waals surface area contributed by atoms with Crippen molar-refractivity contribution in [2.45, 2.75) is 11.6 Å². The zero-order chi connectivity index (χ0) is 20.8. The summed E-state index contributed by atoms with van der Waals surface area (Å²) < 4.78 is 9.50. The maximum absolute atomic E-state index is 11.1. The molecule has 0 atom stereocenters. The Bertz CT molecular complexity index is 782. The van der Waals surface area contributed by atoms with Crippen molar-refractivity contribution in [2.24, 2.45) is 0 Å². The molecule has 0 aliphatic heterocycles. The van der Waals surface area contributed by atoms with E-state index in [1.54, 1.807) is 30.3 Å². The van der Waals surface area contributed by atoms with Crippen LogP contribution in [-0.4, -0.2) is 57.2 Å². The Morgan fingerprint density at radius 1 is 1.15 bits per heavy atom. The van der Waals surface area contributed by atoms with Gasteiger partial charge in [-0.25, -0.2) is 4.79 Å². The molecule has 1 aromatic rings. The number of aliphatic hydroxyl groups is 2. The summed E-state index contributed by atoms with van der Waals surface area (Å²) in [5.74, 6) is -6.25. The summed E-state index contributed by atoms with van der Waals surface area (Å²) in [5, 5.41) is 37.8. The second kappa shape index (κ2) is 8.84. The Labute approximate surface area is 158 Å². The number of nitro groups is 1. The van der Waals surface area contributed by atoms with E-state index in [9.17, 15) is 29.9 Å². The molecular weight excluding hydrogens is 386 g/mol. The Morgan fingerprint density at radius 2 is 1.67 bits per heavy atom. The minimum atomic E-state index is -3.07. The molecule has 3 N–H and O–H groups in total. The molecule has 0 radical (unpaired) electrons. The molecule has 146 valence electrons. The van der Waals surface area contributed by atoms with Crippen LogP contribution in [-0.2, 0) is 14.3 Å². The van der Waals surface area contributed by atoms with Gasteiger partial charge in [-0.05, 0) is 29.8 Å². The van der Waals surface area contributed by atoms with E-state index in [1.807, 2.05) is 0 Å². The first-order valence-electron chi connectivity index (χ1n) is 7.15. The van der Waals surface area contributed by atoms with E-state index in [-0.39, 0.29) is 5.57 Å². The first-order chi connectivity index (χ1) is 12.5. The van der Waals surface area contributed by atoms with E-state index in [0.29, 0.717) is 11.6 Å². The molecule has 27 heavy (non-hydrogen) atoms. The van der Waals surface area contributed by atoms with Gasteiger partial charge < -0.3 is 24.8 Å². The number of ether oxygens (including phenoxy) is 2. The van der Waals surface area contributed by atoms with Gasteiger partial charge in [-0.3, -0.25) is 14.9 Å². The molecule has 0 bridgehead atoms. The largest absolute Gasteiger partial charge is 0.478 e. The summed E-state index contributed by atoms with van der Waals surface area (Å²) in [6.07, 6.45) is 1.50. The van der Waals surface area contributed by atoms with Gasteiger partial charge in [-0.1, -0.05) is 18.2 Å². The van der Waals surface area contributed by atoms with Crippen LogP contribution in [0.5, 0.6) is 0 Å². The van der Waals surface area contributed by atoms with E-state index in [0.717, 1.165) is 20.3 Å². The molecule has 1 aliphatic carbocycles. The first kappa shape index (κ1) is 22.4. The molecular formula is C16H16ClNO9. The molecule has 11 heteroatoms. The molecule has 0 aromatic heterocycles. The Morgan fingerprint density at radius 3 is 2.00 bits per heavy atom. The Balaban J connectivity index is 0.000000337. The number of nitrogens with zero attached hydrogens (tertiary/aromatic N) is 1. The normalized spacial score (nSPS) is 16.9. The number of carboxylic acids is 1. The molecule has 1 aliphatic rings. The number of benzene rings is 1. The molecule has 0 fully saturated rings. The quantitative estimate of drug-likeness (QED) is 0.282. The summed E-state index contributed by atoms with van der Waals surface area (Å²) in [6, 6.07) is 8.30. The predicted octanol–water partition coefficient (Wildman–Crippen LogP) is 0.907. The zero-order valence-corrected chi connectivity index (χ0v) is 14.9. The average Bonchev–Trinajstić information content (AvgIpc) is 2.62. The minimum Gasteiger partial charge on any atom is -0.478 e. The van der Waals surface area contributed by atoms with Gasteiger partial charge in [0.25, 0.3) is 11.0 Å². The third-order valence-electron chi connectivity index (χ3n) is 3.53. The molecule has 0 spiro atoms. The number of hydrogen-bond acceptors (Lipinski definition) is 8. The van der Waals surface area contributed by atoms with E-state index < -0.39 is 33.4 Å². The van der Waals surface area contributed by atoms with Gasteiger partial charge in [0.15, 0.2) is 0 Å². The summed E-state index contributed by atoms with van der Waals surface area (Å²) >= 11 is 5.21. The Kier molecular flexibility index (Phi) is 7.34. The van der Waals surface area contributed by atoms with Crippen LogP contribution in [0.4, 0.5) is 0 Å². The summed E-state index contributed by atoms with van der Waals surface area (Å²) in [4.78, 5) is 31.0. The van der Waals surface area contributed by atoms with Gasteiger partial charge in [0, 0.05) is 25.9 Å². The number of halogens is 1. The van der Waals surface area contributed by atoms with E-state index in [1.165, 1.54) is 0 Å². The van der Waals surface area contributed by atoms with Gasteiger partial charge in [0.05, 0.1) is 10.5 Å². The van der Waals surface area contributed by atoms with E-state index in [2.05, 4.69) is 0 Å². The van der Waals surface area contributed by atoms with Crippen LogP contribution in [0.25, 0.3) is 0 Å². The fourth-order valence-corrected chi connectivity index (χ4v) is 2.24. The monoisotopic (exact) mass is 401 g/mol. The van der Waals surface area contributed by atoms with Crippen LogP contribution in [0, 0.1) is 10.1 Å². The molecule has 0 saturated heterocycles. The predicted molar refractivity (Wildman–Crippen MR) is 91.3 cm³/mol. The highest BCUT2D eigenvalue weighted by Gasteiger charge is 2.61. The topological polar surface area (TPSA) is 156 Å². The van der Waals surface area contributed by atoms with Crippen molar-refractivity contribution < 1.29 is 39.3 Å². The fourth-order valence-electron chi connectivity index (χ4n) is 2.13. The Hall–Kier alpha value is -2.63. The standard InChI is InChI=1S/C9H10ClNO7.C7H6O2/c1-17-8(18-2)4-5(7(10)12)3-6(11(15)16)9(8,13)14;8-7(9)6-4-2-1-3-5-6/h3-4,13-14H,1-2H3;1-5H,(H,8,9). The molecule has 2 rings (SSSR count). The number of hydrogen-bond donors (Lipinski definition) is 3. The third kappa shape index (κ3) is 4.76. The van der Waals surface area contributed by atoms with E-state index in [4.69, 9.17) is 26.2 Å². The highest BCUT2D eigenvalue weighted by molar-refractivity contribution is 6.68. The lowest BCUT2D eigenvalue weighted by atomic mass is 9.92. The van der Waals surface area contributed by atoms with Crippen molar-refractivity contribution >= 4 is 22.8 Å². The van der Waals surface area contributed by atoms with Crippen molar-refractivity contribution in [3.8, 4) is 0 Å². The SMILES string of the molecule is COC1(OC)C=C(C(=O)Cl)C=C([N+](=O)[O-])C1(O)O.O=C(O)c1ccccc1. The highest BCUT2D eigenvalue weighted by Crippen LogP contribution is 2.38. The van der Waals surface area contributed by atoms with Gasteiger partial charge >= 0.3 is 17.5 Å². The number of carbonyl (C=O) groups excluding carboxylic acids is 1. The zero-order valence-electron chi connectivity index (χ0n) is 14.2. The van der Waals surface area contributed by atoms with Gasteiger partial charge in [-0.2, -0.15) is 0 Å². The first-order valence-corrected chi connectivity index (χ1v) is 7.52. The van der Waals surface area contributed by atoms with Gasteiger partial charge in [0.1, 0.15) is 0 Å². The number of rotatable bonds is 5. The number of allylic oxidation sites excluding steroid dienone is 2. The van der Waals surface area contributed by atoms with Crippen LogP contribution >= 0.6 is 11.6 Å². The van der Waals surface area contributed by atoms with Crippen LogP contribution in [0.2, 0.25) is 0 Å². The van der Waals surface area contributed by atoms with Crippen LogP contribution in [0.1, 0.15) is 10.4 Å². The summed E-state index contributed by atoms with van der Waals surface area (Å²) in [5.41, 5.74) is -1.10. The average molecular weight is 402 g/mol. The second-order valence-electron chi connectivity index (χ2n) is 5.08. The molecule has 0 saturated carbocycles. The fraction of sp³-hybridized carbons (Fsp3) is 0.250. The molecule has 0 heterocycles. The molecule has 0 unspecified atom stereocenters. The molecule has 10 nitrogen and oxygen atoms in total. The van der Waals surface area contributed by atoms with Crippen LogP contribution in [0.3, 0.4) is 0 Å². The summed E-state index contributed by atoms with van der Waals surface area (Å²) in [7, 11) is 2.06. The second-order valence-corrected chi connectivity index (χ2v) is 5.42. The van der Waals surface area contributed by atoms with Gasteiger partial charge in [-0.15, -0.1) is 0 Å². The van der Waals surface area contributed by atoms with Crippen molar-refractivity contribution in [1.82, 2.24) is 0 Å². The third-order valence-corrected chi connectivity index (χ3v) is 3.75. The lowest BCUT2D eigenvalue weighted by molar-refractivity contribution is -0.485. The van der Waals surface area contributed by atoms with Crippen LogP contribution < -0.4 is 0 Å². The lowest BCUT2D eigenvalue weighted by Gasteiger charge is -2.38. The molecule has 0 amide bonds. The number of aromatic carboxylic acids is 1. The van der Waals surface area contributed by atoms with E-state index >= 15 is 0 Å².